The third kappa shape index (κ3) is 5.90. The smallest absolute Gasteiger partial charge is 0.340 e. The van der Waals surface area contributed by atoms with Crippen molar-refractivity contribution in [2.75, 3.05) is 12.5 Å². The summed E-state index contributed by atoms with van der Waals surface area (Å²) in [6, 6.07) is 9.75. The first-order valence-electron chi connectivity index (χ1n) is 9.26. The van der Waals surface area contributed by atoms with Crippen LogP contribution < -0.4 is 11.2 Å². The van der Waals surface area contributed by atoms with Crippen molar-refractivity contribution in [3.8, 4) is 0 Å². The van der Waals surface area contributed by atoms with Crippen molar-refractivity contribution in [2.24, 2.45) is 0 Å². The molecule has 32 heavy (non-hydrogen) atoms. The summed E-state index contributed by atoms with van der Waals surface area (Å²) in [6.45, 7) is -0.839. The Kier molecular flexibility index (Phi) is 7.35. The predicted octanol–water partition coefficient (Wildman–Crippen LogP) is -0.985. The molecule has 0 bridgehead atoms. The molecular formula is C17H22N2O11P2. The second-order valence-electron chi connectivity index (χ2n) is 7.20. The zero-order chi connectivity index (χ0) is 23.7. The van der Waals surface area contributed by atoms with Gasteiger partial charge in [-0.2, -0.15) is 0 Å². The molecule has 1 aromatic carbocycles. The SMILES string of the molecule is O=c1ccn([C@@H]2O[C@H](COP(=O)(O)CP(=O)(O)O)C(O)C2O)c(=O)n1Cc1ccccc1. The fourth-order valence-corrected chi connectivity index (χ4v) is 5.77. The van der Waals surface area contributed by atoms with E-state index >= 15 is 0 Å². The van der Waals surface area contributed by atoms with Gasteiger partial charge in [0.2, 0.25) is 0 Å². The van der Waals surface area contributed by atoms with E-state index in [-0.39, 0.29) is 6.54 Å². The van der Waals surface area contributed by atoms with Crippen molar-refractivity contribution in [2.45, 2.75) is 31.1 Å². The van der Waals surface area contributed by atoms with Gasteiger partial charge in [0.1, 0.15) is 18.3 Å². The van der Waals surface area contributed by atoms with Crippen LogP contribution in [0.3, 0.4) is 0 Å². The van der Waals surface area contributed by atoms with E-state index in [0.717, 1.165) is 21.4 Å². The molecule has 1 fully saturated rings. The highest BCUT2D eigenvalue weighted by molar-refractivity contribution is 7.70. The van der Waals surface area contributed by atoms with Crippen molar-refractivity contribution in [3.63, 3.8) is 0 Å². The van der Waals surface area contributed by atoms with Gasteiger partial charge in [-0.1, -0.05) is 30.3 Å². The number of rotatable bonds is 8. The maximum absolute atomic E-state index is 12.9. The lowest BCUT2D eigenvalue weighted by Crippen LogP contribution is -2.43. The van der Waals surface area contributed by atoms with Crippen molar-refractivity contribution >= 4 is 15.2 Å². The van der Waals surface area contributed by atoms with Crippen LogP contribution in [0.15, 0.2) is 52.2 Å². The number of ether oxygens (including phenoxy) is 1. The van der Waals surface area contributed by atoms with Crippen LogP contribution in [0.4, 0.5) is 0 Å². The molecule has 15 heteroatoms. The van der Waals surface area contributed by atoms with Gasteiger partial charge in [0, 0.05) is 12.3 Å². The summed E-state index contributed by atoms with van der Waals surface area (Å²) < 4.78 is 34.5. The Morgan fingerprint density at radius 3 is 2.28 bits per heavy atom. The molecular weight excluding hydrogens is 470 g/mol. The molecule has 1 aromatic heterocycles. The lowest BCUT2D eigenvalue weighted by Gasteiger charge is -2.19. The molecule has 0 radical (unpaired) electrons. The molecule has 1 aliphatic rings. The largest absolute Gasteiger partial charge is 0.387 e. The van der Waals surface area contributed by atoms with Gasteiger partial charge in [0.05, 0.1) is 13.2 Å². The van der Waals surface area contributed by atoms with Crippen LogP contribution in [-0.2, 0) is 24.9 Å². The van der Waals surface area contributed by atoms with E-state index in [1.807, 2.05) is 0 Å². The quantitative estimate of drug-likeness (QED) is 0.284. The zero-order valence-corrected chi connectivity index (χ0v) is 18.2. The normalized spacial score (nSPS) is 25.5. The Morgan fingerprint density at radius 2 is 1.66 bits per heavy atom. The van der Waals surface area contributed by atoms with E-state index < -0.39 is 63.5 Å². The number of hydrogen-bond donors (Lipinski definition) is 5. The van der Waals surface area contributed by atoms with Gasteiger partial charge >= 0.3 is 20.9 Å². The van der Waals surface area contributed by atoms with E-state index in [1.54, 1.807) is 30.3 Å². The molecule has 3 rings (SSSR count). The highest BCUT2D eigenvalue weighted by Gasteiger charge is 2.45. The maximum atomic E-state index is 12.9. The molecule has 5 N–H and O–H groups in total. The second-order valence-corrected chi connectivity index (χ2v) is 11.2. The molecule has 0 amide bonds. The number of aliphatic hydroxyl groups excluding tert-OH is 2. The molecule has 13 nitrogen and oxygen atoms in total. The Hall–Kier alpha value is -1.92. The summed E-state index contributed by atoms with van der Waals surface area (Å²) in [5.74, 6) is -1.43. The van der Waals surface area contributed by atoms with Gasteiger partial charge in [-0.15, -0.1) is 0 Å². The van der Waals surface area contributed by atoms with E-state index in [1.165, 1.54) is 0 Å². The van der Waals surface area contributed by atoms with E-state index in [2.05, 4.69) is 4.52 Å². The summed E-state index contributed by atoms with van der Waals surface area (Å²) in [7, 11) is -9.57. The van der Waals surface area contributed by atoms with Crippen LogP contribution in [0.2, 0.25) is 0 Å². The van der Waals surface area contributed by atoms with Crippen LogP contribution in [-0.4, -0.2) is 64.8 Å². The summed E-state index contributed by atoms with van der Waals surface area (Å²) in [6.07, 6.45) is -5.08. The number of aliphatic hydroxyl groups is 2. The Bertz CT molecular complexity index is 1160. The maximum Gasteiger partial charge on any atom is 0.340 e. The number of nitrogens with zero attached hydrogens (tertiary/aromatic N) is 2. The molecule has 0 spiro atoms. The van der Waals surface area contributed by atoms with Gasteiger partial charge in [-0.3, -0.25) is 23.1 Å². The predicted molar refractivity (Wildman–Crippen MR) is 109 cm³/mol. The Labute approximate surface area is 180 Å². The number of hydrogen-bond acceptors (Lipinski definition) is 8. The molecule has 3 unspecified atom stereocenters. The Balaban J connectivity index is 1.79. The highest BCUT2D eigenvalue weighted by atomic mass is 31.2. The second kappa shape index (κ2) is 9.52. The Morgan fingerprint density at radius 1 is 1.00 bits per heavy atom. The minimum absolute atomic E-state index is 0.0483. The van der Waals surface area contributed by atoms with Gasteiger partial charge in [0.15, 0.2) is 12.1 Å². The molecule has 176 valence electrons. The van der Waals surface area contributed by atoms with Gasteiger partial charge in [-0.25, -0.2) is 4.79 Å². The van der Waals surface area contributed by atoms with Crippen LogP contribution in [0.5, 0.6) is 0 Å². The number of benzene rings is 1. The summed E-state index contributed by atoms with van der Waals surface area (Å²) in [5.41, 5.74) is -0.748. The highest BCUT2D eigenvalue weighted by Crippen LogP contribution is 2.55. The third-order valence-corrected chi connectivity index (χ3v) is 8.15. The minimum atomic E-state index is -4.85. The fraction of sp³-hybridized carbons (Fsp3) is 0.412. The monoisotopic (exact) mass is 492 g/mol. The lowest BCUT2D eigenvalue weighted by atomic mass is 10.1. The van der Waals surface area contributed by atoms with E-state index in [4.69, 9.17) is 14.5 Å². The first-order chi connectivity index (χ1) is 14.9. The summed E-state index contributed by atoms with van der Waals surface area (Å²) >= 11 is 0. The van der Waals surface area contributed by atoms with Crippen LogP contribution in [0.1, 0.15) is 11.8 Å². The summed E-state index contributed by atoms with van der Waals surface area (Å²) in [5, 5.41) is 20.5. The van der Waals surface area contributed by atoms with E-state index in [9.17, 15) is 33.8 Å². The van der Waals surface area contributed by atoms with Crippen molar-refractivity contribution < 1.29 is 43.3 Å². The zero-order valence-electron chi connectivity index (χ0n) is 16.4. The standard InChI is InChI=1S/C17H22N2O11P2/c20-13-6-7-18(17(23)19(13)8-11-4-2-1-3-5-11)16-15(22)14(21)12(30-16)9-29-32(27,28)10-31(24,25)26/h1-7,12,14-16,21-22H,8-10H2,(H,27,28)(H2,24,25,26)/t12-,14?,15?,16-/m1/s1. The topological polar surface area (TPSA) is 198 Å². The average molecular weight is 492 g/mol. The molecule has 1 aliphatic heterocycles. The van der Waals surface area contributed by atoms with Gasteiger partial charge in [-0.05, 0) is 5.56 Å². The molecule has 2 heterocycles. The first-order valence-corrected chi connectivity index (χ1v) is 12.8. The molecule has 0 aliphatic carbocycles. The van der Waals surface area contributed by atoms with Crippen LogP contribution >= 0.6 is 15.2 Å². The van der Waals surface area contributed by atoms with Crippen LogP contribution in [0.25, 0.3) is 0 Å². The van der Waals surface area contributed by atoms with Crippen molar-refractivity contribution in [1.29, 1.82) is 0 Å². The molecule has 2 aromatic rings. The number of aromatic nitrogens is 2. The average Bonchev–Trinajstić information content (AvgIpc) is 2.97. The van der Waals surface area contributed by atoms with E-state index in [0.29, 0.717) is 5.56 Å². The van der Waals surface area contributed by atoms with Crippen molar-refractivity contribution in [1.82, 2.24) is 9.13 Å². The third-order valence-electron chi connectivity index (χ3n) is 4.69. The first kappa shape index (κ1) is 24.7. The van der Waals surface area contributed by atoms with Gasteiger partial charge < -0.3 is 34.2 Å². The molecule has 5 atom stereocenters. The van der Waals surface area contributed by atoms with Crippen molar-refractivity contribution in [3.05, 3.63) is 69.0 Å². The molecule has 0 saturated carbocycles. The fourth-order valence-electron chi connectivity index (χ4n) is 3.20. The lowest BCUT2D eigenvalue weighted by molar-refractivity contribution is -0.0530. The summed E-state index contributed by atoms with van der Waals surface area (Å²) in [4.78, 5) is 52.3. The minimum Gasteiger partial charge on any atom is -0.387 e. The van der Waals surface area contributed by atoms with Crippen LogP contribution in [0, 0.1) is 0 Å². The molecule has 1 saturated heterocycles. The van der Waals surface area contributed by atoms with Gasteiger partial charge in [0.25, 0.3) is 5.56 Å².